The van der Waals surface area contributed by atoms with Gasteiger partial charge >= 0.3 is 5.97 Å². The highest BCUT2D eigenvalue weighted by Crippen LogP contribution is 2.23. The van der Waals surface area contributed by atoms with Crippen LogP contribution < -0.4 is 0 Å². The minimum Gasteiger partial charge on any atom is -0.464 e. The van der Waals surface area contributed by atoms with Gasteiger partial charge in [0.2, 0.25) is 0 Å². The Balaban J connectivity index is 2.21. The van der Waals surface area contributed by atoms with Crippen molar-refractivity contribution in [2.24, 2.45) is 0 Å². The summed E-state index contributed by atoms with van der Waals surface area (Å²) in [6, 6.07) is 6.76. The molecular formula is C15H21BrN2O3Si. The first-order valence-electron chi connectivity index (χ1n) is 7.14. The number of hydrogen-bond acceptors (Lipinski definition) is 4. The zero-order valence-electron chi connectivity index (χ0n) is 13.4. The van der Waals surface area contributed by atoms with E-state index >= 15 is 0 Å². The van der Waals surface area contributed by atoms with Crippen LogP contribution in [0.25, 0.3) is 10.9 Å². The maximum Gasteiger partial charge on any atom is 0.359 e. The molecule has 0 N–H and O–H groups in total. The predicted octanol–water partition coefficient (Wildman–Crippen LogP) is 3.90. The second-order valence-electron chi connectivity index (χ2n) is 6.35. The molecule has 0 unspecified atom stereocenters. The average Bonchev–Trinajstić information content (AvgIpc) is 2.80. The number of rotatable bonds is 6. The van der Waals surface area contributed by atoms with Crippen LogP contribution in [0, 0.1) is 0 Å². The first kappa shape index (κ1) is 17.2. The van der Waals surface area contributed by atoms with Crippen LogP contribution in [0.4, 0.5) is 0 Å². The number of fused-ring (bicyclic) bond motifs is 1. The second-order valence-corrected chi connectivity index (χ2v) is 12.9. The van der Waals surface area contributed by atoms with Gasteiger partial charge in [-0.25, -0.2) is 9.48 Å². The van der Waals surface area contributed by atoms with Crippen molar-refractivity contribution in [3.63, 3.8) is 0 Å². The standard InChI is InChI=1S/C15H21BrN2O3Si/c1-20-15(19)14-12-6-5-11(16)9-13(12)18(17-14)10-21-7-8-22(2,3)4/h5-6,9H,7-8,10H2,1-4H3. The molecule has 0 aliphatic heterocycles. The smallest absolute Gasteiger partial charge is 0.359 e. The number of hydrogen-bond donors (Lipinski definition) is 0. The van der Waals surface area contributed by atoms with Crippen LogP contribution in [0.5, 0.6) is 0 Å². The average molecular weight is 385 g/mol. The molecule has 0 fully saturated rings. The molecule has 1 heterocycles. The maximum atomic E-state index is 11.8. The van der Waals surface area contributed by atoms with Gasteiger partial charge in [0.05, 0.1) is 12.6 Å². The van der Waals surface area contributed by atoms with Crippen molar-refractivity contribution < 1.29 is 14.3 Å². The molecule has 0 radical (unpaired) electrons. The summed E-state index contributed by atoms with van der Waals surface area (Å²) < 4.78 is 13.2. The first-order valence-corrected chi connectivity index (χ1v) is 11.6. The maximum absolute atomic E-state index is 11.8. The number of aromatic nitrogens is 2. The minimum atomic E-state index is -1.11. The molecule has 0 spiro atoms. The van der Waals surface area contributed by atoms with Crippen LogP contribution in [-0.4, -0.2) is 37.5 Å². The number of carbonyl (C=O) groups excluding carboxylic acids is 1. The molecule has 0 bridgehead atoms. The molecule has 7 heteroatoms. The summed E-state index contributed by atoms with van der Waals surface area (Å²) in [7, 11) is 0.245. The molecular weight excluding hydrogens is 364 g/mol. The number of carbonyl (C=O) groups is 1. The van der Waals surface area contributed by atoms with E-state index in [4.69, 9.17) is 9.47 Å². The fraction of sp³-hybridized carbons (Fsp3) is 0.467. The Morgan fingerprint density at radius 3 is 2.73 bits per heavy atom. The Hall–Kier alpha value is -1.18. The normalized spacial score (nSPS) is 11.9. The third-order valence-electron chi connectivity index (χ3n) is 3.30. The van der Waals surface area contributed by atoms with E-state index < -0.39 is 14.0 Å². The highest BCUT2D eigenvalue weighted by molar-refractivity contribution is 9.10. The zero-order chi connectivity index (χ0) is 16.3. The fourth-order valence-electron chi connectivity index (χ4n) is 2.02. The summed E-state index contributed by atoms with van der Waals surface area (Å²) in [6.07, 6.45) is 0. The van der Waals surface area contributed by atoms with Gasteiger partial charge in [-0.3, -0.25) is 0 Å². The van der Waals surface area contributed by atoms with E-state index in [1.54, 1.807) is 4.68 Å². The van der Waals surface area contributed by atoms with Gasteiger partial charge in [-0.1, -0.05) is 35.6 Å². The monoisotopic (exact) mass is 384 g/mol. The summed E-state index contributed by atoms with van der Waals surface area (Å²) in [6.45, 7) is 7.97. The molecule has 0 aliphatic carbocycles. The van der Waals surface area contributed by atoms with E-state index in [9.17, 15) is 4.79 Å². The quantitative estimate of drug-likeness (QED) is 0.430. The molecule has 0 saturated carbocycles. The lowest BCUT2D eigenvalue weighted by molar-refractivity contribution is 0.0585. The molecule has 5 nitrogen and oxygen atoms in total. The SMILES string of the molecule is COC(=O)c1nn(COCC[Si](C)(C)C)c2cc(Br)ccc12. The van der Waals surface area contributed by atoms with E-state index in [2.05, 4.69) is 40.7 Å². The highest BCUT2D eigenvalue weighted by atomic mass is 79.9. The van der Waals surface area contributed by atoms with E-state index in [-0.39, 0.29) is 0 Å². The van der Waals surface area contributed by atoms with Crippen molar-refractivity contribution in [2.75, 3.05) is 13.7 Å². The van der Waals surface area contributed by atoms with Crippen molar-refractivity contribution >= 4 is 40.9 Å². The molecule has 2 rings (SSSR count). The third kappa shape index (κ3) is 4.18. The number of ether oxygens (including phenoxy) is 2. The van der Waals surface area contributed by atoms with Crippen molar-refractivity contribution in [1.29, 1.82) is 0 Å². The summed E-state index contributed by atoms with van der Waals surface area (Å²) in [5.41, 5.74) is 1.17. The fourth-order valence-corrected chi connectivity index (χ4v) is 3.13. The lowest BCUT2D eigenvalue weighted by atomic mass is 10.2. The van der Waals surface area contributed by atoms with Gasteiger partial charge in [0.1, 0.15) is 6.73 Å². The summed E-state index contributed by atoms with van der Waals surface area (Å²) in [4.78, 5) is 11.8. The van der Waals surface area contributed by atoms with Crippen molar-refractivity contribution in [1.82, 2.24) is 9.78 Å². The summed E-state index contributed by atoms with van der Waals surface area (Å²) in [5.74, 6) is -0.437. The molecule has 0 saturated heterocycles. The lowest BCUT2D eigenvalue weighted by Crippen LogP contribution is -2.22. The van der Waals surface area contributed by atoms with Gasteiger partial charge < -0.3 is 9.47 Å². The first-order chi connectivity index (χ1) is 10.3. The van der Waals surface area contributed by atoms with E-state index in [1.807, 2.05) is 18.2 Å². The van der Waals surface area contributed by atoms with Crippen LogP contribution in [0.15, 0.2) is 22.7 Å². The Morgan fingerprint density at radius 2 is 2.09 bits per heavy atom. The van der Waals surface area contributed by atoms with Crippen LogP contribution in [-0.2, 0) is 16.2 Å². The van der Waals surface area contributed by atoms with Crippen molar-refractivity contribution in [2.45, 2.75) is 32.4 Å². The van der Waals surface area contributed by atoms with Crippen LogP contribution >= 0.6 is 15.9 Å². The number of benzene rings is 1. The van der Waals surface area contributed by atoms with Gasteiger partial charge in [0.25, 0.3) is 0 Å². The molecule has 0 aliphatic rings. The minimum absolute atomic E-state index is 0.318. The van der Waals surface area contributed by atoms with E-state index in [0.717, 1.165) is 21.4 Å². The van der Waals surface area contributed by atoms with Gasteiger partial charge in [-0.05, 0) is 24.2 Å². The summed E-state index contributed by atoms with van der Waals surface area (Å²) >= 11 is 3.45. The molecule has 1 aromatic heterocycles. The van der Waals surface area contributed by atoms with Crippen LogP contribution in [0.3, 0.4) is 0 Å². The van der Waals surface area contributed by atoms with Crippen LogP contribution in [0.1, 0.15) is 10.5 Å². The van der Waals surface area contributed by atoms with Gasteiger partial charge in [0.15, 0.2) is 5.69 Å². The van der Waals surface area contributed by atoms with Crippen LogP contribution in [0.2, 0.25) is 25.7 Å². The van der Waals surface area contributed by atoms with Gasteiger partial charge in [-0.2, -0.15) is 5.10 Å². The Kier molecular flexibility index (Phi) is 5.41. The molecule has 120 valence electrons. The Labute approximate surface area is 139 Å². The zero-order valence-corrected chi connectivity index (χ0v) is 15.9. The topological polar surface area (TPSA) is 53.3 Å². The Morgan fingerprint density at radius 1 is 1.36 bits per heavy atom. The van der Waals surface area contributed by atoms with Crippen molar-refractivity contribution in [3.05, 3.63) is 28.4 Å². The second kappa shape index (κ2) is 6.93. The Bertz CT molecular complexity index is 679. The molecule has 22 heavy (non-hydrogen) atoms. The predicted molar refractivity (Wildman–Crippen MR) is 92.9 cm³/mol. The molecule has 0 amide bonds. The van der Waals surface area contributed by atoms with E-state index in [0.29, 0.717) is 19.0 Å². The largest absolute Gasteiger partial charge is 0.464 e. The number of esters is 1. The van der Waals surface area contributed by atoms with Crippen molar-refractivity contribution in [3.8, 4) is 0 Å². The number of methoxy groups -OCH3 is 1. The lowest BCUT2D eigenvalue weighted by Gasteiger charge is -2.15. The van der Waals surface area contributed by atoms with Gasteiger partial charge in [0, 0.05) is 24.5 Å². The number of halogens is 1. The summed E-state index contributed by atoms with van der Waals surface area (Å²) in [5, 5.41) is 5.11. The third-order valence-corrected chi connectivity index (χ3v) is 5.50. The molecule has 1 aromatic carbocycles. The molecule has 0 atom stereocenters. The molecule has 2 aromatic rings. The number of nitrogens with zero attached hydrogens (tertiary/aromatic N) is 2. The van der Waals surface area contributed by atoms with E-state index in [1.165, 1.54) is 7.11 Å². The van der Waals surface area contributed by atoms with Gasteiger partial charge in [-0.15, -0.1) is 0 Å². The highest BCUT2D eigenvalue weighted by Gasteiger charge is 2.18.